The van der Waals surface area contributed by atoms with Crippen LogP contribution in [-0.2, 0) is 4.79 Å². The number of nitrogens with one attached hydrogen (secondary N) is 1. The fourth-order valence-electron chi connectivity index (χ4n) is 1.23. The summed E-state index contributed by atoms with van der Waals surface area (Å²) in [6.07, 6.45) is 0. The van der Waals surface area contributed by atoms with Crippen LogP contribution in [0, 0.1) is 0 Å². The first kappa shape index (κ1) is 12.8. The number of hydrogen-bond acceptors (Lipinski definition) is 3. The Kier molecular flexibility index (Phi) is 3.73. The normalized spacial score (nSPS) is 11.0. The monoisotopic (exact) mass is 310 g/mol. The van der Waals surface area contributed by atoms with Gasteiger partial charge in [0.15, 0.2) is 5.16 Å². The van der Waals surface area contributed by atoms with E-state index < -0.39 is 5.97 Å². The van der Waals surface area contributed by atoms with E-state index in [0.29, 0.717) is 21.2 Å². The number of aliphatic carboxylic acids is 1. The van der Waals surface area contributed by atoms with Crippen molar-refractivity contribution >= 4 is 63.6 Å². The number of imidazole rings is 1. The van der Waals surface area contributed by atoms with Crippen molar-refractivity contribution in [1.82, 2.24) is 9.97 Å². The van der Waals surface area contributed by atoms with Crippen molar-refractivity contribution in [3.8, 4) is 0 Å². The van der Waals surface area contributed by atoms with Crippen LogP contribution < -0.4 is 0 Å². The Morgan fingerprint density at radius 1 is 1.41 bits per heavy atom. The maximum atomic E-state index is 10.4. The number of thioether (sulfide) groups is 1. The molecule has 0 aliphatic rings. The van der Waals surface area contributed by atoms with Crippen LogP contribution in [0.4, 0.5) is 0 Å². The largest absolute Gasteiger partial charge is 0.481 e. The highest BCUT2D eigenvalue weighted by Gasteiger charge is 2.13. The smallest absolute Gasteiger partial charge is 0.313 e. The number of benzene rings is 1. The molecule has 8 heteroatoms. The van der Waals surface area contributed by atoms with Gasteiger partial charge in [0.05, 0.1) is 26.3 Å². The number of carboxylic acid groups (broad SMARTS) is 1. The molecule has 4 nitrogen and oxygen atoms in total. The summed E-state index contributed by atoms with van der Waals surface area (Å²) in [7, 11) is 0. The molecule has 0 bridgehead atoms. The molecule has 1 heterocycles. The molecular formula is C9H5Cl3N2O2S. The highest BCUT2D eigenvalue weighted by atomic mass is 35.5. The second kappa shape index (κ2) is 4.94. The summed E-state index contributed by atoms with van der Waals surface area (Å²) in [5, 5.41) is 9.84. The third kappa shape index (κ3) is 2.63. The second-order valence-electron chi connectivity index (χ2n) is 3.11. The van der Waals surface area contributed by atoms with Crippen LogP contribution in [0.1, 0.15) is 0 Å². The van der Waals surface area contributed by atoms with Gasteiger partial charge in [-0.05, 0) is 6.07 Å². The molecular weight excluding hydrogens is 307 g/mol. The van der Waals surface area contributed by atoms with E-state index in [2.05, 4.69) is 9.97 Å². The van der Waals surface area contributed by atoms with E-state index >= 15 is 0 Å². The van der Waals surface area contributed by atoms with Crippen LogP contribution in [0.25, 0.3) is 11.0 Å². The standard InChI is InChI=1S/C9H5Cl3N2O2S/c10-3-1-4-8(7(12)6(3)11)14-9(13-4)17-2-5(15)16/h1H,2H2,(H,13,14)(H,15,16). The van der Waals surface area contributed by atoms with E-state index in [-0.39, 0.29) is 15.8 Å². The lowest BCUT2D eigenvalue weighted by atomic mass is 10.3. The van der Waals surface area contributed by atoms with Gasteiger partial charge in [-0.15, -0.1) is 0 Å². The molecule has 0 saturated heterocycles. The Morgan fingerprint density at radius 3 is 2.76 bits per heavy atom. The van der Waals surface area contributed by atoms with Gasteiger partial charge < -0.3 is 10.1 Å². The van der Waals surface area contributed by atoms with Gasteiger partial charge in [-0.3, -0.25) is 4.79 Å². The van der Waals surface area contributed by atoms with Gasteiger partial charge >= 0.3 is 5.97 Å². The Bertz CT molecular complexity index is 599. The molecule has 1 aromatic heterocycles. The number of rotatable bonds is 3. The summed E-state index contributed by atoms with van der Waals surface area (Å²) in [6.45, 7) is 0. The Morgan fingerprint density at radius 2 is 2.12 bits per heavy atom. The minimum atomic E-state index is -0.919. The number of hydrogen-bond donors (Lipinski definition) is 2. The molecule has 2 N–H and O–H groups in total. The van der Waals surface area contributed by atoms with Crippen LogP contribution in [0.15, 0.2) is 11.2 Å². The lowest BCUT2D eigenvalue weighted by molar-refractivity contribution is -0.133. The minimum Gasteiger partial charge on any atom is -0.481 e. The molecule has 0 spiro atoms. The zero-order valence-corrected chi connectivity index (χ0v) is 11.2. The Hall–Kier alpha value is -0.620. The summed E-state index contributed by atoms with van der Waals surface area (Å²) in [5.41, 5.74) is 1.10. The van der Waals surface area contributed by atoms with Crippen molar-refractivity contribution in [2.24, 2.45) is 0 Å². The highest BCUT2D eigenvalue weighted by Crippen LogP contribution is 2.36. The number of aromatic nitrogens is 2. The molecule has 0 atom stereocenters. The molecule has 2 rings (SSSR count). The molecule has 90 valence electrons. The van der Waals surface area contributed by atoms with Crippen molar-refractivity contribution in [2.75, 3.05) is 5.75 Å². The topological polar surface area (TPSA) is 66.0 Å². The highest BCUT2D eigenvalue weighted by molar-refractivity contribution is 7.99. The van der Waals surface area contributed by atoms with Crippen molar-refractivity contribution < 1.29 is 9.90 Å². The molecule has 0 saturated carbocycles. The molecule has 17 heavy (non-hydrogen) atoms. The SMILES string of the molecule is O=C(O)CSc1nc2c(Cl)c(Cl)c(Cl)cc2[nH]1. The predicted octanol–water partition coefficient (Wildman–Crippen LogP) is 3.70. The minimum absolute atomic E-state index is 0.0844. The van der Waals surface area contributed by atoms with E-state index in [1.54, 1.807) is 6.07 Å². The summed E-state index contributed by atoms with van der Waals surface area (Å²) < 4.78 is 0. The fourth-order valence-corrected chi connectivity index (χ4v) is 2.47. The van der Waals surface area contributed by atoms with Gasteiger partial charge in [0.25, 0.3) is 0 Å². The first-order chi connectivity index (χ1) is 7.99. The van der Waals surface area contributed by atoms with E-state index in [4.69, 9.17) is 39.9 Å². The molecule has 0 aliphatic carbocycles. The summed E-state index contributed by atoms with van der Waals surface area (Å²) >= 11 is 18.8. The van der Waals surface area contributed by atoms with Gasteiger partial charge in [0.1, 0.15) is 5.52 Å². The molecule has 0 radical (unpaired) electrons. The molecule has 0 unspecified atom stereocenters. The third-order valence-electron chi connectivity index (χ3n) is 1.92. The van der Waals surface area contributed by atoms with E-state index in [1.165, 1.54) is 0 Å². The first-order valence-corrected chi connectivity index (χ1v) is 6.49. The number of H-pyrrole nitrogens is 1. The number of carboxylic acids is 1. The van der Waals surface area contributed by atoms with E-state index in [9.17, 15) is 4.79 Å². The molecule has 2 aromatic rings. The fraction of sp³-hybridized carbons (Fsp3) is 0.111. The lowest BCUT2D eigenvalue weighted by Crippen LogP contribution is -1.97. The van der Waals surface area contributed by atoms with Gasteiger partial charge in [0, 0.05) is 0 Å². The van der Waals surface area contributed by atoms with Gasteiger partial charge in [-0.1, -0.05) is 46.6 Å². The third-order valence-corrected chi connectivity index (χ3v) is 4.03. The zero-order chi connectivity index (χ0) is 12.6. The van der Waals surface area contributed by atoms with E-state index in [1.807, 2.05) is 0 Å². The summed E-state index contributed by atoms with van der Waals surface area (Å²) in [5.74, 6) is -1.00. The van der Waals surface area contributed by atoms with Crippen molar-refractivity contribution in [3.63, 3.8) is 0 Å². The van der Waals surface area contributed by atoms with Crippen LogP contribution >= 0.6 is 46.6 Å². The van der Waals surface area contributed by atoms with E-state index in [0.717, 1.165) is 11.8 Å². The van der Waals surface area contributed by atoms with Crippen LogP contribution in [0.5, 0.6) is 0 Å². The number of carbonyl (C=O) groups is 1. The zero-order valence-electron chi connectivity index (χ0n) is 8.13. The summed E-state index contributed by atoms with van der Waals surface area (Å²) in [4.78, 5) is 17.5. The summed E-state index contributed by atoms with van der Waals surface area (Å²) in [6, 6.07) is 1.60. The predicted molar refractivity (Wildman–Crippen MR) is 69.5 cm³/mol. The number of aromatic amines is 1. The molecule has 0 aliphatic heterocycles. The van der Waals surface area contributed by atoms with Gasteiger partial charge in [-0.25, -0.2) is 4.98 Å². The average Bonchev–Trinajstić information content (AvgIpc) is 2.66. The van der Waals surface area contributed by atoms with Crippen LogP contribution in [0.2, 0.25) is 15.1 Å². The second-order valence-corrected chi connectivity index (χ2v) is 5.23. The van der Waals surface area contributed by atoms with Gasteiger partial charge in [0.2, 0.25) is 0 Å². The van der Waals surface area contributed by atoms with Crippen molar-refractivity contribution in [3.05, 3.63) is 21.1 Å². The van der Waals surface area contributed by atoms with Gasteiger partial charge in [-0.2, -0.15) is 0 Å². The maximum Gasteiger partial charge on any atom is 0.313 e. The molecule has 1 aromatic carbocycles. The number of nitrogens with zero attached hydrogens (tertiary/aromatic N) is 1. The van der Waals surface area contributed by atoms with Crippen LogP contribution in [-0.4, -0.2) is 26.8 Å². The van der Waals surface area contributed by atoms with Crippen molar-refractivity contribution in [1.29, 1.82) is 0 Å². The molecule has 0 fully saturated rings. The van der Waals surface area contributed by atoms with Crippen molar-refractivity contribution in [2.45, 2.75) is 5.16 Å². The Labute approximate surface area is 115 Å². The average molecular weight is 312 g/mol. The quantitative estimate of drug-likeness (QED) is 0.670. The number of halogens is 3. The van der Waals surface area contributed by atoms with Crippen LogP contribution in [0.3, 0.4) is 0 Å². The number of fused-ring (bicyclic) bond motifs is 1. The molecule has 0 amide bonds. The maximum absolute atomic E-state index is 10.4. The first-order valence-electron chi connectivity index (χ1n) is 4.37. The Balaban J connectivity index is 2.43. The lowest BCUT2D eigenvalue weighted by Gasteiger charge is -1.98.